The molecular weight excluding hydrogens is 401 g/mol. The maximum absolute atomic E-state index is 13.9. The predicted octanol–water partition coefficient (Wildman–Crippen LogP) is 5.17. The molecule has 0 atom stereocenters. The highest BCUT2D eigenvalue weighted by atomic mass is 79.9. The standard InChI is InChI=1S/C13H5Br2F3N2/c14-5-1-8(17)12(9(18)2-5)13-19-10-3-6(15)7(16)4-11(10)20-13/h1-4H,(H,19,20). The molecule has 0 bridgehead atoms. The average Bonchev–Trinajstić information content (AvgIpc) is 2.70. The quantitative estimate of drug-likeness (QED) is 0.594. The molecule has 0 saturated heterocycles. The number of nitrogens with zero attached hydrogens (tertiary/aromatic N) is 1. The van der Waals surface area contributed by atoms with Crippen LogP contribution in [0.25, 0.3) is 22.4 Å². The van der Waals surface area contributed by atoms with E-state index in [1.807, 2.05) is 0 Å². The number of halogens is 5. The fourth-order valence-corrected chi connectivity index (χ4v) is 2.63. The molecule has 0 aliphatic carbocycles. The molecule has 0 radical (unpaired) electrons. The zero-order valence-electron chi connectivity index (χ0n) is 9.65. The molecule has 1 aromatic heterocycles. The summed E-state index contributed by atoms with van der Waals surface area (Å²) >= 11 is 6.04. The third kappa shape index (κ3) is 2.25. The molecule has 102 valence electrons. The van der Waals surface area contributed by atoms with Crippen molar-refractivity contribution < 1.29 is 13.2 Å². The molecule has 0 aliphatic heterocycles. The Labute approximate surface area is 128 Å². The second-order valence-corrected chi connectivity index (χ2v) is 5.88. The zero-order chi connectivity index (χ0) is 14.4. The summed E-state index contributed by atoms with van der Waals surface area (Å²) < 4.78 is 41.7. The van der Waals surface area contributed by atoms with Gasteiger partial charge < -0.3 is 4.98 Å². The highest BCUT2D eigenvalue weighted by Gasteiger charge is 2.17. The highest BCUT2D eigenvalue weighted by molar-refractivity contribution is 9.10. The maximum atomic E-state index is 13.9. The van der Waals surface area contributed by atoms with Crippen molar-refractivity contribution in [1.29, 1.82) is 0 Å². The van der Waals surface area contributed by atoms with Gasteiger partial charge in [0.2, 0.25) is 0 Å². The number of rotatable bonds is 1. The van der Waals surface area contributed by atoms with Gasteiger partial charge in [0.1, 0.15) is 23.3 Å². The first-order valence-corrected chi connectivity index (χ1v) is 7.04. The van der Waals surface area contributed by atoms with Crippen molar-refractivity contribution in [1.82, 2.24) is 9.97 Å². The number of aromatic nitrogens is 2. The summed E-state index contributed by atoms with van der Waals surface area (Å²) in [6.07, 6.45) is 0. The minimum atomic E-state index is -0.754. The Bertz CT molecular complexity index is 768. The van der Waals surface area contributed by atoms with Crippen molar-refractivity contribution >= 4 is 42.9 Å². The van der Waals surface area contributed by atoms with Crippen LogP contribution in [0.5, 0.6) is 0 Å². The van der Waals surface area contributed by atoms with Crippen LogP contribution in [0.3, 0.4) is 0 Å². The van der Waals surface area contributed by atoms with Crippen LogP contribution in [0.2, 0.25) is 0 Å². The van der Waals surface area contributed by atoms with E-state index >= 15 is 0 Å². The molecule has 0 unspecified atom stereocenters. The van der Waals surface area contributed by atoms with Crippen molar-refractivity contribution in [2.45, 2.75) is 0 Å². The monoisotopic (exact) mass is 404 g/mol. The first-order valence-electron chi connectivity index (χ1n) is 5.45. The van der Waals surface area contributed by atoms with Crippen LogP contribution in [-0.2, 0) is 0 Å². The fraction of sp³-hybridized carbons (Fsp3) is 0. The van der Waals surface area contributed by atoms with Gasteiger partial charge in [0.15, 0.2) is 0 Å². The van der Waals surface area contributed by atoms with Crippen LogP contribution < -0.4 is 0 Å². The number of fused-ring (bicyclic) bond motifs is 1. The third-order valence-electron chi connectivity index (χ3n) is 2.77. The molecule has 0 fully saturated rings. The van der Waals surface area contributed by atoms with Gasteiger partial charge in [-0.15, -0.1) is 0 Å². The van der Waals surface area contributed by atoms with E-state index in [1.165, 1.54) is 12.1 Å². The molecule has 2 aromatic carbocycles. The SMILES string of the molecule is Fc1cc2[nH]c(-c3c(F)cc(Br)cc3F)nc2cc1Br. The number of nitrogens with one attached hydrogen (secondary N) is 1. The normalized spacial score (nSPS) is 11.2. The van der Waals surface area contributed by atoms with E-state index in [1.54, 1.807) is 0 Å². The smallest absolute Gasteiger partial charge is 0.144 e. The molecule has 20 heavy (non-hydrogen) atoms. The van der Waals surface area contributed by atoms with Crippen LogP contribution in [0.15, 0.2) is 33.2 Å². The first-order chi connectivity index (χ1) is 9.45. The van der Waals surface area contributed by atoms with Crippen molar-refractivity contribution in [2.75, 3.05) is 0 Å². The van der Waals surface area contributed by atoms with Gasteiger partial charge in [0, 0.05) is 10.5 Å². The second kappa shape index (κ2) is 4.89. The van der Waals surface area contributed by atoms with Gasteiger partial charge in [-0.2, -0.15) is 0 Å². The van der Waals surface area contributed by atoms with Gasteiger partial charge >= 0.3 is 0 Å². The van der Waals surface area contributed by atoms with E-state index in [4.69, 9.17) is 0 Å². The Balaban J connectivity index is 2.25. The molecule has 2 nitrogen and oxygen atoms in total. The summed E-state index contributed by atoms with van der Waals surface area (Å²) in [7, 11) is 0. The molecule has 3 aromatic rings. The largest absolute Gasteiger partial charge is 0.338 e. The molecule has 0 spiro atoms. The minimum absolute atomic E-state index is 0.0139. The van der Waals surface area contributed by atoms with Gasteiger partial charge in [-0.25, -0.2) is 18.2 Å². The van der Waals surface area contributed by atoms with Crippen molar-refractivity contribution in [3.63, 3.8) is 0 Å². The maximum Gasteiger partial charge on any atom is 0.144 e. The number of H-pyrrole nitrogens is 1. The molecule has 1 heterocycles. The number of benzene rings is 2. The van der Waals surface area contributed by atoms with Gasteiger partial charge in [-0.1, -0.05) is 15.9 Å². The lowest BCUT2D eigenvalue weighted by molar-refractivity contribution is 0.586. The van der Waals surface area contributed by atoms with Crippen LogP contribution in [0, 0.1) is 17.5 Å². The van der Waals surface area contributed by atoms with E-state index in [2.05, 4.69) is 41.8 Å². The summed E-state index contributed by atoms with van der Waals surface area (Å²) in [6, 6.07) is 4.94. The summed E-state index contributed by atoms with van der Waals surface area (Å²) in [5, 5.41) is 0. The highest BCUT2D eigenvalue weighted by Crippen LogP contribution is 2.30. The van der Waals surface area contributed by atoms with Gasteiger partial charge in [0.25, 0.3) is 0 Å². The van der Waals surface area contributed by atoms with Gasteiger partial charge in [0.05, 0.1) is 21.1 Å². The molecule has 0 saturated carbocycles. The minimum Gasteiger partial charge on any atom is -0.338 e. The summed E-state index contributed by atoms with van der Waals surface area (Å²) in [5.74, 6) is -1.98. The lowest BCUT2D eigenvalue weighted by Crippen LogP contribution is -1.92. The van der Waals surface area contributed by atoms with E-state index in [0.29, 0.717) is 15.5 Å². The average molecular weight is 406 g/mol. The Kier molecular flexibility index (Phi) is 3.33. The zero-order valence-corrected chi connectivity index (χ0v) is 12.8. The van der Waals surface area contributed by atoms with Crippen LogP contribution in [0.4, 0.5) is 13.2 Å². The van der Waals surface area contributed by atoms with Crippen LogP contribution in [-0.4, -0.2) is 9.97 Å². The van der Waals surface area contributed by atoms with E-state index in [0.717, 1.165) is 12.1 Å². The van der Waals surface area contributed by atoms with E-state index < -0.39 is 17.5 Å². The number of imidazole rings is 1. The molecule has 0 amide bonds. The second-order valence-electron chi connectivity index (χ2n) is 4.11. The van der Waals surface area contributed by atoms with Crippen molar-refractivity contribution in [3.8, 4) is 11.4 Å². The third-order valence-corrected chi connectivity index (χ3v) is 3.83. The number of aromatic amines is 1. The molecule has 0 aliphatic rings. The Morgan fingerprint density at radius 1 is 0.900 bits per heavy atom. The van der Waals surface area contributed by atoms with E-state index in [9.17, 15) is 13.2 Å². The van der Waals surface area contributed by atoms with Crippen molar-refractivity contribution in [2.24, 2.45) is 0 Å². The lowest BCUT2D eigenvalue weighted by Gasteiger charge is -2.02. The summed E-state index contributed by atoms with van der Waals surface area (Å²) in [5.41, 5.74) is 0.498. The molecule has 7 heteroatoms. The lowest BCUT2D eigenvalue weighted by atomic mass is 10.2. The predicted molar refractivity (Wildman–Crippen MR) is 76.8 cm³/mol. The van der Waals surface area contributed by atoms with Gasteiger partial charge in [-0.05, 0) is 34.1 Å². The Morgan fingerprint density at radius 2 is 1.55 bits per heavy atom. The van der Waals surface area contributed by atoms with Crippen LogP contribution >= 0.6 is 31.9 Å². The number of hydrogen-bond donors (Lipinski definition) is 1. The van der Waals surface area contributed by atoms with Crippen LogP contribution in [0.1, 0.15) is 0 Å². The topological polar surface area (TPSA) is 28.7 Å². The summed E-state index contributed by atoms with van der Waals surface area (Å²) in [6.45, 7) is 0. The molecule has 3 rings (SSSR count). The number of hydrogen-bond acceptors (Lipinski definition) is 1. The van der Waals surface area contributed by atoms with Crippen molar-refractivity contribution in [3.05, 3.63) is 50.7 Å². The molecular formula is C13H5Br2F3N2. The molecule has 1 N–H and O–H groups in total. The fourth-order valence-electron chi connectivity index (χ4n) is 1.89. The first kappa shape index (κ1) is 13.6. The Morgan fingerprint density at radius 3 is 2.20 bits per heavy atom. The summed E-state index contributed by atoms with van der Waals surface area (Å²) in [4.78, 5) is 6.80. The Hall–Kier alpha value is -1.34. The van der Waals surface area contributed by atoms with Gasteiger partial charge in [-0.3, -0.25) is 0 Å². The van der Waals surface area contributed by atoms with E-state index in [-0.39, 0.29) is 15.9 Å².